The minimum atomic E-state index is -0.983. The van der Waals surface area contributed by atoms with E-state index >= 15 is 0 Å². The zero-order valence-corrected chi connectivity index (χ0v) is 22.7. The summed E-state index contributed by atoms with van der Waals surface area (Å²) in [5, 5.41) is 10.3. The molecule has 2 aliphatic rings. The van der Waals surface area contributed by atoms with E-state index in [1.807, 2.05) is 0 Å². The lowest BCUT2D eigenvalue weighted by molar-refractivity contribution is -0.146. The molecule has 1 heterocycles. The van der Waals surface area contributed by atoms with Crippen LogP contribution >= 0.6 is 0 Å². The Kier molecular flexibility index (Phi) is 8.14. The van der Waals surface area contributed by atoms with E-state index < -0.39 is 23.8 Å². The Morgan fingerprint density at radius 3 is 2.32 bits per heavy atom. The fraction of sp³-hybridized carbons (Fsp3) is 0.419. The molecule has 2 aromatic rings. The van der Waals surface area contributed by atoms with E-state index in [4.69, 9.17) is 14.5 Å². The van der Waals surface area contributed by atoms with E-state index in [1.54, 1.807) is 32.0 Å². The molecule has 0 amide bonds. The van der Waals surface area contributed by atoms with Crippen LogP contribution in [-0.2, 0) is 23.9 Å². The Balaban J connectivity index is 1.88. The van der Waals surface area contributed by atoms with Crippen molar-refractivity contribution in [2.45, 2.75) is 65.7 Å². The molecule has 38 heavy (non-hydrogen) atoms. The van der Waals surface area contributed by atoms with Gasteiger partial charge in [0.2, 0.25) is 0 Å². The van der Waals surface area contributed by atoms with Crippen LogP contribution in [0.5, 0.6) is 5.75 Å². The number of hydrogen-bond acceptors (Lipinski definition) is 7. The molecule has 0 fully saturated rings. The van der Waals surface area contributed by atoms with E-state index in [9.17, 15) is 19.5 Å². The molecule has 1 aliphatic carbocycles. The van der Waals surface area contributed by atoms with Crippen LogP contribution in [0.25, 0.3) is 0 Å². The van der Waals surface area contributed by atoms with Crippen molar-refractivity contribution in [3.8, 4) is 5.75 Å². The fourth-order valence-corrected chi connectivity index (χ4v) is 6.10. The van der Waals surface area contributed by atoms with Crippen LogP contribution in [0.1, 0.15) is 72.8 Å². The molecule has 1 aliphatic heterocycles. The Morgan fingerprint density at radius 1 is 1.00 bits per heavy atom. The predicted molar refractivity (Wildman–Crippen MR) is 144 cm³/mol. The van der Waals surface area contributed by atoms with Crippen LogP contribution in [0, 0.1) is 26.7 Å². The molecular formula is C31H35NO6. The average molecular weight is 518 g/mol. The summed E-state index contributed by atoms with van der Waals surface area (Å²) in [5.41, 5.74) is 6.52. The number of allylic oxidation sites excluding steroid dienone is 2. The number of Topliss-reactive ketones (excluding diaryl/α,β-unsaturated/α-hetero) is 1. The second kappa shape index (κ2) is 11.3. The largest absolute Gasteiger partial charge is 0.508 e. The van der Waals surface area contributed by atoms with Crippen molar-refractivity contribution in [3.05, 3.63) is 75.5 Å². The van der Waals surface area contributed by atoms with Crippen LogP contribution in [0.3, 0.4) is 0 Å². The number of nitrogens with zero attached hydrogens (tertiary/aromatic N) is 1. The first kappa shape index (κ1) is 27.3. The zero-order chi connectivity index (χ0) is 27.6. The summed E-state index contributed by atoms with van der Waals surface area (Å²) >= 11 is 0. The lowest BCUT2D eigenvalue weighted by Gasteiger charge is -2.37. The quantitative estimate of drug-likeness (QED) is 0.494. The van der Waals surface area contributed by atoms with Gasteiger partial charge in [-0.1, -0.05) is 29.8 Å². The second-order valence-electron chi connectivity index (χ2n) is 10.1. The third-order valence-corrected chi connectivity index (χ3v) is 7.31. The van der Waals surface area contributed by atoms with Crippen molar-refractivity contribution < 1.29 is 29.0 Å². The number of aliphatic imine (C=N–C) groups is 1. The smallest absolute Gasteiger partial charge is 0.315 e. The fourth-order valence-electron chi connectivity index (χ4n) is 6.10. The first-order valence-corrected chi connectivity index (χ1v) is 13.2. The molecule has 200 valence electrons. The molecule has 1 N–H and O–H groups in total. The van der Waals surface area contributed by atoms with Gasteiger partial charge in [0, 0.05) is 29.3 Å². The third-order valence-electron chi connectivity index (χ3n) is 7.31. The maximum absolute atomic E-state index is 13.9. The van der Waals surface area contributed by atoms with Crippen molar-refractivity contribution in [2.24, 2.45) is 10.9 Å². The zero-order valence-electron chi connectivity index (χ0n) is 22.7. The van der Waals surface area contributed by atoms with E-state index in [1.165, 1.54) is 11.6 Å². The molecular weight excluding hydrogens is 482 g/mol. The second-order valence-corrected chi connectivity index (χ2v) is 10.1. The molecule has 7 nitrogen and oxygen atoms in total. The summed E-state index contributed by atoms with van der Waals surface area (Å²) < 4.78 is 10.6. The molecule has 0 radical (unpaired) electrons. The normalized spacial score (nSPS) is 21.0. The summed E-state index contributed by atoms with van der Waals surface area (Å²) in [6, 6.07) is 10.8. The number of rotatable bonds is 7. The number of phenolic OH excluding ortho intramolecular Hbond substituents is 1. The topological polar surface area (TPSA) is 102 Å². The standard InChI is InChI=1S/C31H35NO6/c1-6-37-26(35)16-24-30(31(36)38-7-2)28(20-9-8-10-22(33)13-20)29-23(32-24)14-21(15-25(29)34)27-18(4)11-17(3)12-19(27)5/h8-13,21,28,30,33H,6-7,14-16H2,1-5H3. The lowest BCUT2D eigenvalue weighted by Crippen LogP contribution is -2.40. The molecule has 0 aromatic heterocycles. The lowest BCUT2D eigenvalue weighted by atomic mass is 9.68. The van der Waals surface area contributed by atoms with Crippen LogP contribution in [0.2, 0.25) is 0 Å². The number of phenols is 1. The van der Waals surface area contributed by atoms with Gasteiger partial charge in [-0.25, -0.2) is 0 Å². The molecule has 3 unspecified atom stereocenters. The van der Waals surface area contributed by atoms with Crippen LogP contribution in [0.15, 0.2) is 52.7 Å². The number of ether oxygens (including phenoxy) is 2. The van der Waals surface area contributed by atoms with Crippen molar-refractivity contribution in [2.75, 3.05) is 13.2 Å². The van der Waals surface area contributed by atoms with Gasteiger partial charge in [0.1, 0.15) is 11.7 Å². The third kappa shape index (κ3) is 5.42. The highest BCUT2D eigenvalue weighted by Gasteiger charge is 2.46. The molecule has 3 atom stereocenters. The SMILES string of the molecule is CCOC(=O)CC1=NC2=C(C(=O)CC(c3c(C)cc(C)cc3C)C2)C(c2cccc(O)c2)C1C(=O)OCC. The van der Waals surface area contributed by atoms with Gasteiger partial charge < -0.3 is 14.6 Å². The molecule has 0 saturated carbocycles. The highest BCUT2D eigenvalue weighted by Crippen LogP contribution is 2.48. The minimum Gasteiger partial charge on any atom is -0.508 e. The van der Waals surface area contributed by atoms with Crippen molar-refractivity contribution in [1.82, 2.24) is 0 Å². The number of aromatic hydroxyl groups is 1. The Hall–Kier alpha value is -3.74. The van der Waals surface area contributed by atoms with Gasteiger partial charge in [0.25, 0.3) is 0 Å². The van der Waals surface area contributed by atoms with E-state index in [0.717, 1.165) is 16.7 Å². The van der Waals surface area contributed by atoms with Crippen LogP contribution < -0.4 is 0 Å². The monoisotopic (exact) mass is 517 g/mol. The minimum absolute atomic E-state index is 0.0220. The predicted octanol–water partition coefficient (Wildman–Crippen LogP) is 5.39. The number of carbonyl (C=O) groups excluding carboxylic acids is 3. The van der Waals surface area contributed by atoms with Gasteiger partial charge in [-0.3, -0.25) is 19.4 Å². The van der Waals surface area contributed by atoms with Gasteiger partial charge in [-0.05, 0) is 81.3 Å². The number of hydrogen-bond donors (Lipinski definition) is 1. The Labute approximate surface area is 223 Å². The van der Waals surface area contributed by atoms with Gasteiger partial charge in [0.15, 0.2) is 5.78 Å². The molecule has 4 rings (SSSR count). The highest BCUT2D eigenvalue weighted by molar-refractivity contribution is 6.13. The molecule has 0 bridgehead atoms. The van der Waals surface area contributed by atoms with Crippen molar-refractivity contribution in [1.29, 1.82) is 0 Å². The first-order chi connectivity index (χ1) is 18.1. The van der Waals surface area contributed by atoms with E-state index in [-0.39, 0.29) is 43.5 Å². The maximum Gasteiger partial charge on any atom is 0.315 e. The summed E-state index contributed by atoms with van der Waals surface area (Å²) in [6.45, 7) is 9.95. The summed E-state index contributed by atoms with van der Waals surface area (Å²) in [4.78, 5) is 44.7. The van der Waals surface area contributed by atoms with E-state index in [0.29, 0.717) is 29.0 Å². The van der Waals surface area contributed by atoms with Gasteiger partial charge in [0.05, 0.1) is 19.6 Å². The molecule has 0 spiro atoms. The molecule has 2 aromatic carbocycles. The number of ketones is 1. The highest BCUT2D eigenvalue weighted by atomic mass is 16.5. The van der Waals surface area contributed by atoms with Gasteiger partial charge in [-0.15, -0.1) is 0 Å². The van der Waals surface area contributed by atoms with Gasteiger partial charge in [-0.2, -0.15) is 0 Å². The number of carbonyl (C=O) groups is 3. The van der Waals surface area contributed by atoms with Crippen molar-refractivity contribution in [3.63, 3.8) is 0 Å². The number of aryl methyl sites for hydroxylation is 3. The average Bonchev–Trinajstić information content (AvgIpc) is 2.82. The summed E-state index contributed by atoms with van der Waals surface area (Å²) in [6.07, 6.45) is 0.602. The summed E-state index contributed by atoms with van der Waals surface area (Å²) in [5.74, 6) is -2.90. The molecule has 0 saturated heterocycles. The summed E-state index contributed by atoms with van der Waals surface area (Å²) in [7, 11) is 0. The van der Waals surface area contributed by atoms with Gasteiger partial charge >= 0.3 is 11.9 Å². The maximum atomic E-state index is 13.9. The van der Waals surface area contributed by atoms with Crippen LogP contribution in [0.4, 0.5) is 0 Å². The number of benzene rings is 2. The van der Waals surface area contributed by atoms with E-state index in [2.05, 4.69) is 32.9 Å². The van der Waals surface area contributed by atoms with Crippen molar-refractivity contribution >= 4 is 23.4 Å². The Bertz CT molecular complexity index is 1310. The number of esters is 2. The molecule has 7 heteroatoms. The first-order valence-electron chi connectivity index (χ1n) is 13.2. The van der Waals surface area contributed by atoms with Crippen LogP contribution in [-0.4, -0.2) is 41.8 Å². The Morgan fingerprint density at radius 2 is 1.68 bits per heavy atom.